The molecule has 0 saturated heterocycles. The van der Waals surface area contributed by atoms with Crippen molar-refractivity contribution in [2.24, 2.45) is 0 Å². The Labute approximate surface area is 101 Å². The Morgan fingerprint density at radius 3 is 3.00 bits per heavy atom. The first kappa shape index (κ1) is 13.0. The highest BCUT2D eigenvalue weighted by Gasteiger charge is 2.12. The fourth-order valence-corrected chi connectivity index (χ4v) is 1.63. The summed E-state index contributed by atoms with van der Waals surface area (Å²) in [5.74, 6) is 0.517. The number of carbonyl (C=O) groups excluding carboxylic acids is 1. The molecule has 0 bridgehead atoms. The van der Waals surface area contributed by atoms with E-state index in [1.807, 2.05) is 26.0 Å². The van der Waals surface area contributed by atoms with Crippen LogP contribution in [-0.4, -0.2) is 22.8 Å². The topological polar surface area (TPSA) is 42.0 Å². The lowest BCUT2D eigenvalue weighted by Gasteiger charge is -2.13. The number of hydrogen-bond acceptors (Lipinski definition) is 2. The standard InChI is InChI=1S/C12H17ClN2O/c1-9-5-4-8-14-11(9)12(16)15-10(2)6-3-7-13/h4-5,8,10H,3,6-7H2,1-2H3,(H,15,16). The van der Waals surface area contributed by atoms with Gasteiger partial charge in [-0.05, 0) is 38.3 Å². The van der Waals surface area contributed by atoms with Gasteiger partial charge in [0.1, 0.15) is 5.69 Å². The normalized spacial score (nSPS) is 12.2. The molecule has 0 aliphatic rings. The molecule has 0 radical (unpaired) electrons. The lowest BCUT2D eigenvalue weighted by molar-refractivity contribution is 0.0932. The molecule has 1 aromatic rings. The van der Waals surface area contributed by atoms with Crippen LogP contribution in [0, 0.1) is 6.92 Å². The lowest BCUT2D eigenvalue weighted by atomic mass is 10.1. The maximum Gasteiger partial charge on any atom is 0.270 e. The number of aromatic nitrogens is 1. The van der Waals surface area contributed by atoms with E-state index in [4.69, 9.17) is 11.6 Å². The molecule has 88 valence electrons. The van der Waals surface area contributed by atoms with Crippen molar-refractivity contribution in [1.29, 1.82) is 0 Å². The van der Waals surface area contributed by atoms with Gasteiger partial charge in [-0.1, -0.05) is 6.07 Å². The third kappa shape index (κ3) is 3.81. The molecule has 0 spiro atoms. The maximum absolute atomic E-state index is 11.8. The zero-order valence-electron chi connectivity index (χ0n) is 9.66. The number of nitrogens with zero attached hydrogens (tertiary/aromatic N) is 1. The molecule has 0 aliphatic carbocycles. The molecule has 3 nitrogen and oxygen atoms in total. The van der Waals surface area contributed by atoms with Crippen LogP contribution in [0.3, 0.4) is 0 Å². The second-order valence-electron chi connectivity index (χ2n) is 3.87. The Hall–Kier alpha value is -1.09. The van der Waals surface area contributed by atoms with E-state index < -0.39 is 0 Å². The number of rotatable bonds is 5. The molecule has 1 heterocycles. The molecule has 0 aromatic carbocycles. The monoisotopic (exact) mass is 240 g/mol. The lowest BCUT2D eigenvalue weighted by Crippen LogP contribution is -2.33. The molecule has 1 atom stereocenters. The van der Waals surface area contributed by atoms with Gasteiger partial charge in [-0.2, -0.15) is 0 Å². The molecule has 1 amide bonds. The summed E-state index contributed by atoms with van der Waals surface area (Å²) in [5.41, 5.74) is 1.39. The van der Waals surface area contributed by atoms with Crippen LogP contribution in [0.5, 0.6) is 0 Å². The number of carbonyl (C=O) groups is 1. The molecular formula is C12H17ClN2O. The van der Waals surface area contributed by atoms with Gasteiger partial charge in [0, 0.05) is 18.1 Å². The summed E-state index contributed by atoms with van der Waals surface area (Å²) in [6.07, 6.45) is 3.43. The number of pyridine rings is 1. The van der Waals surface area contributed by atoms with Gasteiger partial charge in [-0.3, -0.25) is 9.78 Å². The predicted molar refractivity (Wildman–Crippen MR) is 65.9 cm³/mol. The van der Waals surface area contributed by atoms with Gasteiger partial charge >= 0.3 is 0 Å². The van der Waals surface area contributed by atoms with Gasteiger partial charge in [0.2, 0.25) is 0 Å². The van der Waals surface area contributed by atoms with Crippen LogP contribution in [-0.2, 0) is 0 Å². The van der Waals surface area contributed by atoms with E-state index in [1.165, 1.54) is 0 Å². The number of aryl methyl sites for hydroxylation is 1. The largest absolute Gasteiger partial charge is 0.348 e. The van der Waals surface area contributed by atoms with Crippen LogP contribution in [0.1, 0.15) is 35.8 Å². The summed E-state index contributed by atoms with van der Waals surface area (Å²) in [6.45, 7) is 3.86. The molecule has 0 aliphatic heterocycles. The maximum atomic E-state index is 11.8. The minimum atomic E-state index is -0.111. The van der Waals surface area contributed by atoms with E-state index in [0.29, 0.717) is 11.6 Å². The van der Waals surface area contributed by atoms with Crippen LogP contribution in [0.2, 0.25) is 0 Å². The number of amides is 1. The minimum absolute atomic E-state index is 0.111. The van der Waals surface area contributed by atoms with Gasteiger partial charge in [-0.25, -0.2) is 0 Å². The van der Waals surface area contributed by atoms with Crippen LogP contribution in [0.4, 0.5) is 0 Å². The highest BCUT2D eigenvalue weighted by molar-refractivity contribution is 6.17. The first-order valence-electron chi connectivity index (χ1n) is 5.43. The zero-order chi connectivity index (χ0) is 12.0. The van der Waals surface area contributed by atoms with Crippen molar-refractivity contribution in [1.82, 2.24) is 10.3 Å². The Kier molecular flexibility index (Phi) is 5.26. The van der Waals surface area contributed by atoms with Crippen molar-refractivity contribution in [2.75, 3.05) is 5.88 Å². The van der Waals surface area contributed by atoms with Gasteiger partial charge < -0.3 is 5.32 Å². The van der Waals surface area contributed by atoms with Gasteiger partial charge in [0.25, 0.3) is 5.91 Å². The summed E-state index contributed by atoms with van der Waals surface area (Å²) < 4.78 is 0. The van der Waals surface area contributed by atoms with Crippen molar-refractivity contribution in [3.63, 3.8) is 0 Å². The van der Waals surface area contributed by atoms with E-state index in [9.17, 15) is 4.79 Å². The van der Waals surface area contributed by atoms with E-state index in [2.05, 4.69) is 10.3 Å². The molecular weight excluding hydrogens is 224 g/mol. The summed E-state index contributed by atoms with van der Waals surface area (Å²) in [5, 5.41) is 2.91. The summed E-state index contributed by atoms with van der Waals surface area (Å²) in [6, 6.07) is 3.83. The Bertz CT molecular complexity index is 355. The quantitative estimate of drug-likeness (QED) is 0.804. The molecule has 1 rings (SSSR count). The Morgan fingerprint density at radius 2 is 2.38 bits per heavy atom. The van der Waals surface area contributed by atoms with E-state index in [1.54, 1.807) is 6.20 Å². The van der Waals surface area contributed by atoms with Gasteiger partial charge in [0.05, 0.1) is 0 Å². The minimum Gasteiger partial charge on any atom is -0.348 e. The third-order valence-electron chi connectivity index (χ3n) is 2.37. The van der Waals surface area contributed by atoms with Crippen molar-refractivity contribution in [2.45, 2.75) is 32.7 Å². The summed E-state index contributed by atoms with van der Waals surface area (Å²) in [4.78, 5) is 15.9. The predicted octanol–water partition coefficient (Wildman–Crippen LogP) is 2.53. The molecule has 4 heteroatoms. The smallest absolute Gasteiger partial charge is 0.270 e. The number of hydrogen-bond donors (Lipinski definition) is 1. The third-order valence-corrected chi connectivity index (χ3v) is 2.64. The molecule has 1 unspecified atom stereocenters. The van der Waals surface area contributed by atoms with Crippen molar-refractivity contribution >= 4 is 17.5 Å². The van der Waals surface area contributed by atoms with Crippen LogP contribution >= 0.6 is 11.6 Å². The molecule has 1 N–H and O–H groups in total. The SMILES string of the molecule is Cc1cccnc1C(=O)NC(C)CCCCl. The van der Waals surface area contributed by atoms with E-state index in [0.717, 1.165) is 18.4 Å². The van der Waals surface area contributed by atoms with Crippen molar-refractivity contribution in [3.8, 4) is 0 Å². The fourth-order valence-electron chi connectivity index (χ4n) is 1.47. The van der Waals surface area contributed by atoms with Crippen molar-refractivity contribution < 1.29 is 4.79 Å². The van der Waals surface area contributed by atoms with Crippen LogP contribution in [0.25, 0.3) is 0 Å². The van der Waals surface area contributed by atoms with Crippen LogP contribution in [0.15, 0.2) is 18.3 Å². The van der Waals surface area contributed by atoms with Gasteiger partial charge in [0.15, 0.2) is 0 Å². The number of halogens is 1. The van der Waals surface area contributed by atoms with E-state index >= 15 is 0 Å². The Balaban J connectivity index is 2.56. The molecule has 1 aromatic heterocycles. The first-order chi connectivity index (χ1) is 7.65. The summed E-state index contributed by atoms with van der Waals surface area (Å²) in [7, 11) is 0. The molecule has 0 saturated carbocycles. The zero-order valence-corrected chi connectivity index (χ0v) is 10.4. The molecule has 0 fully saturated rings. The van der Waals surface area contributed by atoms with E-state index in [-0.39, 0.29) is 11.9 Å². The Morgan fingerprint density at radius 1 is 1.62 bits per heavy atom. The highest BCUT2D eigenvalue weighted by Crippen LogP contribution is 2.04. The van der Waals surface area contributed by atoms with Crippen LogP contribution < -0.4 is 5.32 Å². The highest BCUT2D eigenvalue weighted by atomic mass is 35.5. The van der Waals surface area contributed by atoms with Crippen molar-refractivity contribution in [3.05, 3.63) is 29.6 Å². The summed E-state index contributed by atoms with van der Waals surface area (Å²) >= 11 is 5.60. The average Bonchev–Trinajstić information content (AvgIpc) is 2.26. The average molecular weight is 241 g/mol. The fraction of sp³-hybridized carbons (Fsp3) is 0.500. The molecule has 16 heavy (non-hydrogen) atoms. The first-order valence-corrected chi connectivity index (χ1v) is 5.97. The number of nitrogens with one attached hydrogen (secondary N) is 1. The van der Waals surface area contributed by atoms with Gasteiger partial charge in [-0.15, -0.1) is 11.6 Å². The second-order valence-corrected chi connectivity index (χ2v) is 4.25. The second kappa shape index (κ2) is 6.48. The number of alkyl halides is 1.